The Kier molecular flexibility index (Phi) is 3.92. The smallest absolute Gasteiger partial charge is 0.239 e. The van der Waals surface area contributed by atoms with Gasteiger partial charge in [-0.05, 0) is 37.3 Å². The largest absolute Gasteiger partial charge is 0.365 e. The molecule has 0 heterocycles. The van der Waals surface area contributed by atoms with Crippen LogP contribution in [0.15, 0.2) is 24.3 Å². The summed E-state index contributed by atoms with van der Waals surface area (Å²) in [6.45, 7) is 1.31. The highest BCUT2D eigenvalue weighted by atomic mass is 16.2. The van der Waals surface area contributed by atoms with Crippen LogP contribution in [0.3, 0.4) is 0 Å². The maximum absolute atomic E-state index is 11.9. The third-order valence-electron chi connectivity index (χ3n) is 3.88. The molecule has 108 valence electrons. The number of likely N-dealkylation sites (N-methyl/N-ethyl adjacent to an activating group) is 1. The van der Waals surface area contributed by atoms with Gasteiger partial charge in [-0.25, -0.2) is 0 Å². The molecule has 2 aliphatic carbocycles. The molecule has 3 rings (SSSR count). The van der Waals surface area contributed by atoms with E-state index in [9.17, 15) is 4.79 Å². The Balaban J connectivity index is 1.59. The normalized spacial score (nSPS) is 17.9. The zero-order chi connectivity index (χ0) is 13.9. The molecule has 0 aromatic heterocycles. The number of rotatable bonds is 7. The Morgan fingerprint density at radius 2 is 1.90 bits per heavy atom. The number of anilines is 1. The van der Waals surface area contributed by atoms with Gasteiger partial charge >= 0.3 is 0 Å². The Morgan fingerprint density at radius 1 is 1.20 bits per heavy atom. The van der Waals surface area contributed by atoms with Crippen LogP contribution in [0.2, 0.25) is 0 Å². The first-order valence-corrected chi connectivity index (χ1v) is 7.54. The van der Waals surface area contributed by atoms with Crippen molar-refractivity contribution < 1.29 is 4.79 Å². The van der Waals surface area contributed by atoms with Crippen LogP contribution < -0.4 is 15.5 Å². The third-order valence-corrected chi connectivity index (χ3v) is 3.88. The maximum Gasteiger partial charge on any atom is 0.239 e. The lowest BCUT2D eigenvalue weighted by Crippen LogP contribution is -2.36. The van der Waals surface area contributed by atoms with E-state index in [1.54, 1.807) is 0 Å². The van der Waals surface area contributed by atoms with E-state index in [0.29, 0.717) is 18.6 Å². The molecule has 0 aliphatic heterocycles. The van der Waals surface area contributed by atoms with E-state index in [0.717, 1.165) is 25.1 Å². The van der Waals surface area contributed by atoms with Gasteiger partial charge in [-0.15, -0.1) is 0 Å². The van der Waals surface area contributed by atoms with Crippen LogP contribution in [-0.4, -0.2) is 31.6 Å². The average molecular weight is 273 g/mol. The lowest BCUT2D eigenvalue weighted by atomic mass is 10.1. The number of nitrogens with zero attached hydrogens (tertiary/aromatic N) is 1. The quantitative estimate of drug-likeness (QED) is 0.794. The molecule has 4 heteroatoms. The van der Waals surface area contributed by atoms with Crippen molar-refractivity contribution in [2.75, 3.05) is 18.5 Å². The molecule has 0 bridgehead atoms. The van der Waals surface area contributed by atoms with Gasteiger partial charge in [0.1, 0.15) is 0 Å². The van der Waals surface area contributed by atoms with Crippen LogP contribution in [0, 0.1) is 0 Å². The van der Waals surface area contributed by atoms with Crippen molar-refractivity contribution in [1.29, 1.82) is 0 Å². The standard InChI is InChI=1S/C16H23N3O/c1-19(11-16(20)18-14-8-9-14)15-5-3-2-4-12(15)10-17-13-6-7-13/h2-5,13-14,17H,6-11H2,1H3,(H,18,20). The summed E-state index contributed by atoms with van der Waals surface area (Å²) in [6.07, 6.45) is 4.86. The van der Waals surface area contributed by atoms with E-state index in [1.165, 1.54) is 18.4 Å². The van der Waals surface area contributed by atoms with Gasteiger partial charge in [0.05, 0.1) is 6.54 Å². The van der Waals surface area contributed by atoms with E-state index >= 15 is 0 Å². The van der Waals surface area contributed by atoms with Crippen molar-refractivity contribution in [3.8, 4) is 0 Å². The molecule has 2 aliphatic rings. The number of hydrogen-bond acceptors (Lipinski definition) is 3. The Morgan fingerprint density at radius 3 is 2.60 bits per heavy atom. The van der Waals surface area contributed by atoms with Crippen molar-refractivity contribution in [3.63, 3.8) is 0 Å². The molecule has 0 saturated heterocycles. The summed E-state index contributed by atoms with van der Waals surface area (Å²) < 4.78 is 0. The fourth-order valence-corrected chi connectivity index (χ4v) is 2.38. The number of hydrogen-bond donors (Lipinski definition) is 2. The molecule has 2 fully saturated rings. The molecular formula is C16H23N3O. The van der Waals surface area contributed by atoms with Crippen LogP contribution in [0.1, 0.15) is 31.2 Å². The van der Waals surface area contributed by atoms with Crippen molar-refractivity contribution in [1.82, 2.24) is 10.6 Å². The lowest BCUT2D eigenvalue weighted by molar-refractivity contribution is -0.119. The molecule has 0 atom stereocenters. The van der Waals surface area contributed by atoms with Crippen molar-refractivity contribution in [3.05, 3.63) is 29.8 Å². The summed E-state index contributed by atoms with van der Waals surface area (Å²) in [6, 6.07) is 9.46. The summed E-state index contributed by atoms with van der Waals surface area (Å²) in [5.74, 6) is 0.125. The number of nitrogens with one attached hydrogen (secondary N) is 2. The van der Waals surface area contributed by atoms with E-state index in [1.807, 2.05) is 18.0 Å². The highest BCUT2D eigenvalue weighted by molar-refractivity contribution is 5.82. The van der Waals surface area contributed by atoms with Crippen molar-refractivity contribution >= 4 is 11.6 Å². The Hall–Kier alpha value is -1.55. The minimum absolute atomic E-state index is 0.125. The van der Waals surface area contributed by atoms with Gasteiger partial charge in [-0.1, -0.05) is 18.2 Å². The Bertz CT molecular complexity index is 480. The predicted molar refractivity (Wildman–Crippen MR) is 80.7 cm³/mol. The molecule has 20 heavy (non-hydrogen) atoms. The average Bonchev–Trinajstić information content (AvgIpc) is 3.31. The number of carbonyl (C=O) groups excluding carboxylic acids is 1. The SMILES string of the molecule is CN(CC(=O)NC1CC1)c1ccccc1CNC1CC1. The molecular weight excluding hydrogens is 250 g/mol. The predicted octanol–water partition coefficient (Wildman–Crippen LogP) is 1.65. The first-order valence-electron chi connectivity index (χ1n) is 7.54. The first-order chi connectivity index (χ1) is 9.72. The van der Waals surface area contributed by atoms with Gasteiger partial charge in [0.15, 0.2) is 0 Å². The molecule has 4 nitrogen and oxygen atoms in total. The van der Waals surface area contributed by atoms with E-state index in [-0.39, 0.29) is 5.91 Å². The lowest BCUT2D eigenvalue weighted by Gasteiger charge is -2.22. The second-order valence-electron chi connectivity index (χ2n) is 5.98. The number of amides is 1. The van der Waals surface area contributed by atoms with Crippen molar-refractivity contribution in [2.45, 2.75) is 44.3 Å². The highest BCUT2D eigenvalue weighted by Crippen LogP contribution is 2.23. The number of carbonyl (C=O) groups is 1. The second kappa shape index (κ2) is 5.83. The van der Waals surface area contributed by atoms with Crippen LogP contribution in [0.5, 0.6) is 0 Å². The maximum atomic E-state index is 11.9. The molecule has 1 aromatic carbocycles. The van der Waals surface area contributed by atoms with Crippen LogP contribution in [0.25, 0.3) is 0 Å². The molecule has 2 saturated carbocycles. The van der Waals surface area contributed by atoms with Crippen LogP contribution >= 0.6 is 0 Å². The third kappa shape index (κ3) is 3.73. The Labute approximate surface area is 120 Å². The molecule has 2 N–H and O–H groups in total. The zero-order valence-corrected chi connectivity index (χ0v) is 12.1. The minimum Gasteiger partial charge on any atom is -0.365 e. The van der Waals surface area contributed by atoms with Crippen molar-refractivity contribution in [2.24, 2.45) is 0 Å². The van der Waals surface area contributed by atoms with Crippen LogP contribution in [0.4, 0.5) is 5.69 Å². The summed E-state index contributed by atoms with van der Waals surface area (Å²) in [5.41, 5.74) is 2.41. The van der Waals surface area contributed by atoms with Gasteiger partial charge in [-0.3, -0.25) is 4.79 Å². The first kappa shape index (κ1) is 13.4. The van der Waals surface area contributed by atoms with E-state index in [4.69, 9.17) is 0 Å². The van der Waals surface area contributed by atoms with Gasteiger partial charge in [0.2, 0.25) is 5.91 Å². The molecule has 0 unspecified atom stereocenters. The molecule has 1 amide bonds. The van der Waals surface area contributed by atoms with Gasteiger partial charge in [-0.2, -0.15) is 0 Å². The summed E-state index contributed by atoms with van der Waals surface area (Å²) in [7, 11) is 1.99. The monoisotopic (exact) mass is 273 g/mol. The summed E-state index contributed by atoms with van der Waals surface area (Å²) in [4.78, 5) is 13.9. The fraction of sp³-hybridized carbons (Fsp3) is 0.562. The van der Waals surface area contributed by atoms with Gasteiger partial charge in [0, 0.05) is 31.4 Å². The van der Waals surface area contributed by atoms with Gasteiger partial charge < -0.3 is 15.5 Å². The molecule has 0 radical (unpaired) electrons. The summed E-state index contributed by atoms with van der Waals surface area (Å²) in [5, 5.41) is 6.57. The molecule has 0 spiro atoms. The highest BCUT2D eigenvalue weighted by Gasteiger charge is 2.24. The fourth-order valence-electron chi connectivity index (χ4n) is 2.38. The second-order valence-corrected chi connectivity index (χ2v) is 5.98. The minimum atomic E-state index is 0.125. The van der Waals surface area contributed by atoms with Crippen LogP contribution in [-0.2, 0) is 11.3 Å². The molecule has 1 aromatic rings. The van der Waals surface area contributed by atoms with E-state index < -0.39 is 0 Å². The van der Waals surface area contributed by atoms with Gasteiger partial charge in [0.25, 0.3) is 0 Å². The van der Waals surface area contributed by atoms with E-state index in [2.05, 4.69) is 28.8 Å². The summed E-state index contributed by atoms with van der Waals surface area (Å²) >= 11 is 0. The number of para-hydroxylation sites is 1. The zero-order valence-electron chi connectivity index (χ0n) is 12.1. The topological polar surface area (TPSA) is 44.4 Å². The number of benzene rings is 1.